The standard InChI is InChI=1S/C48H69ClN16O10/c1-25(66)39-46(75)64-36(22-27-10-3-5-12-30(27)49)45(74)61-34(16-9-21-57-48(53)54)42(71)63-37(23-28-24-58-31-13-6-4-11-29(28)31)44(73)60-32(40(50)69)14-7-19-55-38(68)18-17-35(43(72)65-39)62-41(70)33(59-26(2)67)15-8-20-56-47(51)52/h3-6,10-13,24-25,32-37,39,58,66H,7-9,14-23H2,1-2H3,(H2,50,69)(H,55,68)(H,59,67)(H,60,73)(H,61,74)(H,62,70)(H,63,71)(H,64,75)(H,65,72)(H4,51,52,56)(H4,53,54,57)/t25-,32+,33+,34+,35+,36-,37?,39+/m1/s1. The second kappa shape index (κ2) is 29.6. The second-order valence-corrected chi connectivity index (χ2v) is 18.4. The molecule has 9 amide bonds. The van der Waals surface area contributed by atoms with Crippen LogP contribution in [0, 0.1) is 0 Å². The molecular weight excluding hydrogens is 996 g/mol. The molecular formula is C48H69ClN16O10. The maximum absolute atomic E-state index is 14.6. The molecule has 26 nitrogen and oxygen atoms in total. The molecule has 1 saturated heterocycles. The highest BCUT2D eigenvalue weighted by Gasteiger charge is 2.36. The van der Waals surface area contributed by atoms with Gasteiger partial charge in [-0.15, -0.1) is 0 Å². The van der Waals surface area contributed by atoms with Crippen molar-refractivity contribution >= 4 is 87.6 Å². The molecule has 0 radical (unpaired) electrons. The topological polar surface area (TPSA) is 441 Å². The minimum absolute atomic E-state index is 0.0148. The van der Waals surface area contributed by atoms with E-state index < -0.39 is 108 Å². The summed E-state index contributed by atoms with van der Waals surface area (Å²) in [4.78, 5) is 135. The number of hydrogen-bond donors (Lipinski definition) is 15. The number of H-pyrrole nitrogens is 1. The van der Waals surface area contributed by atoms with Crippen molar-refractivity contribution in [2.75, 3.05) is 19.6 Å². The fourth-order valence-corrected chi connectivity index (χ4v) is 8.29. The lowest BCUT2D eigenvalue weighted by Gasteiger charge is -2.29. The molecule has 0 saturated carbocycles. The van der Waals surface area contributed by atoms with Gasteiger partial charge in [-0.05, 0) is 75.1 Å². The Morgan fingerprint density at radius 2 is 1.35 bits per heavy atom. The monoisotopic (exact) mass is 1060 g/mol. The third-order valence-electron chi connectivity index (χ3n) is 12.0. The highest BCUT2D eigenvalue weighted by Crippen LogP contribution is 2.21. The van der Waals surface area contributed by atoms with Crippen LogP contribution in [-0.4, -0.2) is 143 Å². The van der Waals surface area contributed by atoms with Gasteiger partial charge in [0.05, 0.1) is 6.10 Å². The largest absolute Gasteiger partial charge is 0.391 e. The van der Waals surface area contributed by atoms with E-state index in [4.69, 9.17) is 40.3 Å². The number of rotatable bonds is 17. The van der Waals surface area contributed by atoms with Gasteiger partial charge >= 0.3 is 0 Å². The lowest BCUT2D eigenvalue weighted by Crippen LogP contribution is -2.62. The number of primary amides is 1. The van der Waals surface area contributed by atoms with E-state index in [1.807, 2.05) is 18.2 Å². The molecule has 2 aromatic carbocycles. The first-order valence-corrected chi connectivity index (χ1v) is 24.7. The number of aromatic nitrogens is 1. The molecule has 8 atom stereocenters. The number of nitrogens with zero attached hydrogens (tertiary/aromatic N) is 2. The van der Waals surface area contributed by atoms with Crippen molar-refractivity contribution in [1.82, 2.24) is 47.5 Å². The minimum Gasteiger partial charge on any atom is -0.391 e. The Morgan fingerprint density at radius 3 is 2.00 bits per heavy atom. The van der Waals surface area contributed by atoms with Crippen LogP contribution in [0.3, 0.4) is 0 Å². The number of amides is 9. The Kier molecular flexibility index (Phi) is 23.5. The predicted molar refractivity (Wildman–Crippen MR) is 279 cm³/mol. The van der Waals surface area contributed by atoms with E-state index in [-0.39, 0.29) is 94.4 Å². The molecule has 1 aromatic heterocycles. The normalized spacial score (nSPS) is 21.5. The molecule has 20 N–H and O–H groups in total. The Balaban J connectivity index is 1.78. The summed E-state index contributed by atoms with van der Waals surface area (Å²) in [7, 11) is 0. The number of halogens is 1. The van der Waals surface area contributed by atoms with Crippen molar-refractivity contribution < 1.29 is 48.3 Å². The van der Waals surface area contributed by atoms with Gasteiger partial charge in [0.25, 0.3) is 0 Å². The van der Waals surface area contributed by atoms with Crippen LogP contribution in [0.25, 0.3) is 10.9 Å². The van der Waals surface area contributed by atoms with E-state index in [9.17, 15) is 48.3 Å². The molecule has 1 aliphatic heterocycles. The molecule has 1 unspecified atom stereocenters. The summed E-state index contributed by atoms with van der Waals surface area (Å²) in [6, 6.07) is 3.39. The number of guanidine groups is 2. The van der Waals surface area contributed by atoms with E-state index in [0.29, 0.717) is 11.1 Å². The number of benzene rings is 2. The van der Waals surface area contributed by atoms with E-state index in [0.717, 1.165) is 10.9 Å². The number of hydrogen-bond acceptors (Lipinski definition) is 12. The predicted octanol–water partition coefficient (Wildman–Crippen LogP) is -3.32. The first-order chi connectivity index (χ1) is 35.6. The first-order valence-electron chi connectivity index (χ1n) is 24.4. The number of aliphatic hydroxyl groups is 1. The van der Waals surface area contributed by atoms with E-state index >= 15 is 0 Å². The van der Waals surface area contributed by atoms with Crippen molar-refractivity contribution in [3.63, 3.8) is 0 Å². The Labute approximate surface area is 437 Å². The molecule has 1 fully saturated rings. The Morgan fingerprint density at radius 1 is 0.747 bits per heavy atom. The number of aliphatic hydroxyl groups excluding tert-OH is 1. The van der Waals surface area contributed by atoms with E-state index in [1.54, 1.807) is 36.5 Å². The zero-order valence-electron chi connectivity index (χ0n) is 41.8. The van der Waals surface area contributed by atoms with Crippen LogP contribution < -0.4 is 71.2 Å². The molecule has 1 aliphatic rings. The van der Waals surface area contributed by atoms with Crippen molar-refractivity contribution in [1.29, 1.82) is 0 Å². The summed E-state index contributed by atoms with van der Waals surface area (Å²) < 4.78 is 0. The Bertz CT molecular complexity index is 2570. The maximum atomic E-state index is 14.6. The average molecular weight is 1070 g/mol. The summed E-state index contributed by atoms with van der Waals surface area (Å²) in [6.45, 7) is 2.44. The zero-order chi connectivity index (χ0) is 55.2. The van der Waals surface area contributed by atoms with Gasteiger partial charge in [0.15, 0.2) is 11.9 Å². The van der Waals surface area contributed by atoms with Crippen LogP contribution in [0.1, 0.15) is 76.3 Å². The summed E-state index contributed by atoms with van der Waals surface area (Å²) in [5.74, 6) is -8.10. The number of nitrogens with one attached hydrogen (secondary N) is 9. The van der Waals surface area contributed by atoms with Crippen LogP contribution in [0.15, 0.2) is 64.7 Å². The van der Waals surface area contributed by atoms with Crippen molar-refractivity contribution in [3.05, 3.63) is 70.9 Å². The summed E-state index contributed by atoms with van der Waals surface area (Å²) in [6.07, 6.45) is -0.870. The lowest BCUT2D eigenvalue weighted by atomic mass is 10.0. The molecule has 27 heteroatoms. The molecule has 2 heterocycles. The van der Waals surface area contributed by atoms with Gasteiger partial charge in [-0.25, -0.2) is 0 Å². The number of aliphatic imine (C=N–C) groups is 2. The number of para-hydroxylation sites is 1. The number of aromatic amines is 1. The van der Waals surface area contributed by atoms with Crippen molar-refractivity contribution in [2.45, 2.75) is 126 Å². The van der Waals surface area contributed by atoms with Crippen LogP contribution in [0.4, 0.5) is 0 Å². The Hall–Kier alpha value is -8.00. The molecule has 0 spiro atoms. The van der Waals surface area contributed by atoms with Crippen LogP contribution in [0.2, 0.25) is 5.02 Å². The quantitative estimate of drug-likeness (QED) is 0.0358. The van der Waals surface area contributed by atoms with Gasteiger partial charge < -0.3 is 81.3 Å². The van der Waals surface area contributed by atoms with Crippen molar-refractivity contribution in [2.24, 2.45) is 38.7 Å². The number of carbonyl (C=O) groups excluding carboxylic acids is 9. The average Bonchev–Trinajstić information content (AvgIpc) is 3.76. The molecule has 4 rings (SSSR count). The van der Waals surface area contributed by atoms with Gasteiger partial charge in [-0.2, -0.15) is 0 Å². The summed E-state index contributed by atoms with van der Waals surface area (Å²) >= 11 is 6.54. The maximum Gasteiger partial charge on any atom is 0.245 e. The smallest absolute Gasteiger partial charge is 0.245 e. The first kappa shape index (κ1) is 59.6. The molecule has 3 aromatic rings. The van der Waals surface area contributed by atoms with Gasteiger partial charge in [-0.1, -0.05) is 48.0 Å². The third-order valence-corrected chi connectivity index (χ3v) is 12.3. The fraction of sp³-hybridized carbons (Fsp3) is 0.479. The van der Waals surface area contributed by atoms with Crippen molar-refractivity contribution in [3.8, 4) is 0 Å². The highest BCUT2D eigenvalue weighted by atomic mass is 35.5. The second-order valence-electron chi connectivity index (χ2n) is 18.0. The van der Waals surface area contributed by atoms with E-state index in [2.05, 4.69) is 57.5 Å². The van der Waals surface area contributed by atoms with Gasteiger partial charge in [0, 0.05) is 67.9 Å². The van der Waals surface area contributed by atoms with Crippen LogP contribution in [-0.2, 0) is 56.0 Å². The number of carbonyl (C=O) groups is 9. The van der Waals surface area contributed by atoms with Gasteiger partial charge in [0.2, 0.25) is 53.2 Å². The van der Waals surface area contributed by atoms with Crippen LogP contribution >= 0.6 is 11.6 Å². The third kappa shape index (κ3) is 19.7. The highest BCUT2D eigenvalue weighted by molar-refractivity contribution is 6.31. The minimum atomic E-state index is -1.81. The van der Waals surface area contributed by atoms with Crippen LogP contribution in [0.5, 0.6) is 0 Å². The summed E-state index contributed by atoms with van der Waals surface area (Å²) in [5.41, 5.74) is 29.4. The molecule has 0 aliphatic carbocycles. The fourth-order valence-electron chi connectivity index (χ4n) is 8.07. The van der Waals surface area contributed by atoms with Gasteiger partial charge in [-0.3, -0.25) is 53.1 Å². The molecule has 75 heavy (non-hydrogen) atoms. The number of nitrogens with two attached hydrogens (primary N) is 5. The van der Waals surface area contributed by atoms with E-state index in [1.165, 1.54) is 13.8 Å². The lowest BCUT2D eigenvalue weighted by molar-refractivity contribution is -0.137. The SMILES string of the molecule is CC(=O)N[C@@H](CCCN=C(N)N)C(=O)N[C@H]1CCC(=O)NCCC[C@@H](C(N)=O)NC(=O)C(Cc2c[nH]c3ccccc23)NC(=O)[C@H](CCCN=C(N)N)NC(=O)[C@@H](Cc2ccccc2Cl)NC(=O)[C@H]([C@@H](C)O)NC1=O. The molecule has 0 bridgehead atoms. The molecule has 408 valence electrons. The van der Waals surface area contributed by atoms with Gasteiger partial charge in [0.1, 0.15) is 42.3 Å². The summed E-state index contributed by atoms with van der Waals surface area (Å²) in [5, 5.41) is 32.7. The zero-order valence-corrected chi connectivity index (χ0v) is 42.5. The number of fused-ring (bicyclic) bond motifs is 1.